The molecule has 0 saturated heterocycles. The lowest BCUT2D eigenvalue weighted by Crippen LogP contribution is -2.29. The molecule has 0 saturated carbocycles. The van der Waals surface area contributed by atoms with Crippen LogP contribution in [-0.4, -0.2) is 35.1 Å². The summed E-state index contributed by atoms with van der Waals surface area (Å²) in [5.74, 6) is 0.0882. The zero-order chi connectivity index (χ0) is 13.5. The highest BCUT2D eigenvalue weighted by molar-refractivity contribution is 5.90. The molecule has 0 bridgehead atoms. The molecule has 1 heterocycles. The third-order valence-electron chi connectivity index (χ3n) is 2.59. The molecular formula is C12H20N4O2. The molecule has 18 heavy (non-hydrogen) atoms. The van der Waals surface area contributed by atoms with Crippen LogP contribution in [0, 0.1) is 6.92 Å². The molecule has 0 aliphatic heterocycles. The molecule has 6 nitrogen and oxygen atoms in total. The summed E-state index contributed by atoms with van der Waals surface area (Å²) in [4.78, 5) is 19.9. The van der Waals surface area contributed by atoms with Gasteiger partial charge in [-0.15, -0.1) is 0 Å². The number of aryl methyl sites for hydroxylation is 1. The summed E-state index contributed by atoms with van der Waals surface area (Å²) in [7, 11) is 0. The number of nitrogens with one attached hydrogen (secondary N) is 1. The first-order valence-corrected chi connectivity index (χ1v) is 6.09. The average molecular weight is 252 g/mol. The van der Waals surface area contributed by atoms with Gasteiger partial charge in [-0.2, -0.15) is 0 Å². The monoisotopic (exact) mass is 252 g/mol. The molecular weight excluding hydrogens is 232 g/mol. The second-order valence-electron chi connectivity index (χ2n) is 3.90. The summed E-state index contributed by atoms with van der Waals surface area (Å²) >= 11 is 0. The van der Waals surface area contributed by atoms with Crippen LogP contribution in [0.25, 0.3) is 0 Å². The molecule has 1 aromatic rings. The summed E-state index contributed by atoms with van der Waals surface area (Å²) in [5, 5.41) is 3.12. The van der Waals surface area contributed by atoms with Crippen molar-refractivity contribution < 1.29 is 9.53 Å². The summed E-state index contributed by atoms with van der Waals surface area (Å²) in [5.41, 5.74) is 6.58. The van der Waals surface area contributed by atoms with Gasteiger partial charge < -0.3 is 15.8 Å². The first kappa shape index (κ1) is 14.4. The van der Waals surface area contributed by atoms with E-state index in [0.717, 1.165) is 6.42 Å². The maximum Gasteiger partial charge on any atom is 0.341 e. The van der Waals surface area contributed by atoms with E-state index in [1.165, 1.54) is 6.20 Å². The number of hydrogen-bond acceptors (Lipinski definition) is 6. The van der Waals surface area contributed by atoms with Gasteiger partial charge in [0.25, 0.3) is 0 Å². The van der Waals surface area contributed by atoms with Crippen LogP contribution < -0.4 is 11.1 Å². The van der Waals surface area contributed by atoms with Crippen molar-refractivity contribution in [3.8, 4) is 0 Å². The largest absolute Gasteiger partial charge is 0.462 e. The van der Waals surface area contributed by atoms with Gasteiger partial charge in [0, 0.05) is 18.8 Å². The minimum Gasteiger partial charge on any atom is -0.462 e. The number of nitrogens with zero attached hydrogens (tertiary/aromatic N) is 2. The summed E-state index contributed by atoms with van der Waals surface area (Å²) in [6, 6.07) is 0.137. The number of hydrogen-bond donors (Lipinski definition) is 2. The molecule has 0 fully saturated rings. The predicted octanol–water partition coefficient (Wildman–Crippen LogP) is 1.11. The van der Waals surface area contributed by atoms with Gasteiger partial charge in [0.05, 0.1) is 17.9 Å². The molecule has 1 rings (SSSR count). The number of rotatable bonds is 6. The van der Waals surface area contributed by atoms with Crippen molar-refractivity contribution in [3.05, 3.63) is 17.5 Å². The van der Waals surface area contributed by atoms with Gasteiger partial charge in [0.1, 0.15) is 0 Å². The Balaban J connectivity index is 2.82. The molecule has 0 aliphatic rings. The van der Waals surface area contributed by atoms with Crippen molar-refractivity contribution in [1.29, 1.82) is 0 Å². The first-order valence-electron chi connectivity index (χ1n) is 6.09. The summed E-state index contributed by atoms with van der Waals surface area (Å²) < 4.78 is 4.91. The molecule has 1 atom stereocenters. The van der Waals surface area contributed by atoms with E-state index >= 15 is 0 Å². The molecule has 1 unspecified atom stereocenters. The normalized spacial score (nSPS) is 12.0. The van der Waals surface area contributed by atoms with E-state index < -0.39 is 5.97 Å². The third-order valence-corrected chi connectivity index (χ3v) is 2.59. The lowest BCUT2D eigenvalue weighted by atomic mass is 10.2. The van der Waals surface area contributed by atoms with Crippen LogP contribution in [0.3, 0.4) is 0 Å². The molecule has 100 valence electrons. The Bertz CT molecular complexity index is 405. The highest BCUT2D eigenvalue weighted by Crippen LogP contribution is 2.10. The fourth-order valence-corrected chi connectivity index (χ4v) is 1.46. The lowest BCUT2D eigenvalue weighted by molar-refractivity contribution is 0.0524. The Hall–Kier alpha value is -1.69. The number of nitrogens with two attached hydrogens (primary N) is 1. The molecule has 0 spiro atoms. The Morgan fingerprint density at radius 3 is 2.78 bits per heavy atom. The van der Waals surface area contributed by atoms with Gasteiger partial charge in [0.2, 0.25) is 5.95 Å². The van der Waals surface area contributed by atoms with Crippen LogP contribution in [0.5, 0.6) is 0 Å². The average Bonchev–Trinajstić information content (AvgIpc) is 2.36. The van der Waals surface area contributed by atoms with Gasteiger partial charge in [0.15, 0.2) is 0 Å². The fraction of sp³-hybridized carbons (Fsp3) is 0.583. The van der Waals surface area contributed by atoms with E-state index in [2.05, 4.69) is 15.3 Å². The van der Waals surface area contributed by atoms with Gasteiger partial charge in [-0.3, -0.25) is 0 Å². The van der Waals surface area contributed by atoms with Gasteiger partial charge in [-0.1, -0.05) is 6.92 Å². The standard InChI is InChI=1S/C12H20N4O2/c1-4-9(6-13)16-12-14-7-10(8(3)15-12)11(17)18-5-2/h7,9H,4-6,13H2,1-3H3,(H,14,15,16). The van der Waals surface area contributed by atoms with Gasteiger partial charge in [-0.05, 0) is 20.3 Å². The van der Waals surface area contributed by atoms with Crippen molar-refractivity contribution in [2.45, 2.75) is 33.2 Å². The minimum absolute atomic E-state index is 0.137. The van der Waals surface area contributed by atoms with E-state index in [4.69, 9.17) is 10.5 Å². The van der Waals surface area contributed by atoms with Crippen LogP contribution in [0.4, 0.5) is 5.95 Å². The Morgan fingerprint density at radius 2 is 2.28 bits per heavy atom. The first-order chi connectivity index (χ1) is 8.62. The second kappa shape index (κ2) is 6.90. The van der Waals surface area contributed by atoms with Crippen LogP contribution in [-0.2, 0) is 4.74 Å². The number of carbonyl (C=O) groups excluding carboxylic acids is 1. The summed E-state index contributed by atoms with van der Waals surface area (Å²) in [6.07, 6.45) is 2.37. The Labute approximate surface area is 107 Å². The topological polar surface area (TPSA) is 90.1 Å². The second-order valence-corrected chi connectivity index (χ2v) is 3.90. The molecule has 0 amide bonds. The van der Waals surface area contributed by atoms with Crippen molar-refractivity contribution in [1.82, 2.24) is 9.97 Å². The molecule has 0 radical (unpaired) electrons. The Kier molecular flexibility index (Phi) is 5.51. The van der Waals surface area contributed by atoms with Crippen molar-refractivity contribution in [2.24, 2.45) is 5.73 Å². The van der Waals surface area contributed by atoms with Gasteiger partial charge >= 0.3 is 5.97 Å². The van der Waals surface area contributed by atoms with Crippen molar-refractivity contribution in [3.63, 3.8) is 0 Å². The van der Waals surface area contributed by atoms with Crippen molar-refractivity contribution >= 4 is 11.9 Å². The quantitative estimate of drug-likeness (QED) is 0.737. The van der Waals surface area contributed by atoms with Crippen LogP contribution >= 0.6 is 0 Å². The summed E-state index contributed by atoms with van der Waals surface area (Å²) in [6.45, 7) is 6.39. The molecule has 3 N–H and O–H groups in total. The zero-order valence-electron chi connectivity index (χ0n) is 11.1. The number of ether oxygens (including phenoxy) is 1. The highest BCUT2D eigenvalue weighted by Gasteiger charge is 2.13. The van der Waals surface area contributed by atoms with E-state index in [1.54, 1.807) is 13.8 Å². The van der Waals surface area contributed by atoms with E-state index in [-0.39, 0.29) is 6.04 Å². The van der Waals surface area contributed by atoms with E-state index in [9.17, 15) is 4.79 Å². The predicted molar refractivity (Wildman–Crippen MR) is 69.5 cm³/mol. The van der Waals surface area contributed by atoms with E-state index in [0.29, 0.717) is 30.4 Å². The maximum atomic E-state index is 11.6. The molecule has 0 aromatic carbocycles. The van der Waals surface area contributed by atoms with Crippen molar-refractivity contribution in [2.75, 3.05) is 18.5 Å². The number of carbonyl (C=O) groups is 1. The van der Waals surface area contributed by atoms with Crippen LogP contribution in [0.2, 0.25) is 0 Å². The fourth-order valence-electron chi connectivity index (χ4n) is 1.46. The number of esters is 1. The molecule has 1 aromatic heterocycles. The SMILES string of the molecule is CCOC(=O)c1cnc(NC(CC)CN)nc1C. The minimum atomic E-state index is -0.396. The van der Waals surface area contributed by atoms with Crippen LogP contribution in [0.1, 0.15) is 36.3 Å². The maximum absolute atomic E-state index is 11.6. The highest BCUT2D eigenvalue weighted by atomic mass is 16.5. The molecule has 0 aliphatic carbocycles. The van der Waals surface area contributed by atoms with Gasteiger partial charge in [-0.25, -0.2) is 14.8 Å². The number of aromatic nitrogens is 2. The molecule has 6 heteroatoms. The Morgan fingerprint density at radius 1 is 1.56 bits per heavy atom. The lowest BCUT2D eigenvalue weighted by Gasteiger charge is -2.15. The van der Waals surface area contributed by atoms with E-state index in [1.807, 2.05) is 6.92 Å². The smallest absolute Gasteiger partial charge is 0.341 e. The third kappa shape index (κ3) is 3.66. The zero-order valence-corrected chi connectivity index (χ0v) is 11.1. The van der Waals surface area contributed by atoms with Crippen LogP contribution in [0.15, 0.2) is 6.20 Å². The number of anilines is 1.